The number of ether oxygens (including phenoxy) is 2. The highest BCUT2D eigenvalue weighted by atomic mass is 79.9. The summed E-state index contributed by atoms with van der Waals surface area (Å²) < 4.78 is 10.5. The van der Waals surface area contributed by atoms with Crippen LogP contribution in [0.2, 0.25) is 0 Å². The first kappa shape index (κ1) is 16.4. The van der Waals surface area contributed by atoms with E-state index in [1.165, 1.54) is 26.2 Å². The Morgan fingerprint density at radius 2 is 2.15 bits per heavy atom. The molecule has 20 heavy (non-hydrogen) atoms. The maximum atomic E-state index is 11.4. The van der Waals surface area contributed by atoms with Crippen molar-refractivity contribution in [3.8, 4) is 5.75 Å². The summed E-state index contributed by atoms with van der Waals surface area (Å²) in [5, 5.41) is 10.7. The molecule has 0 heterocycles. The number of esters is 1. The van der Waals surface area contributed by atoms with Crippen LogP contribution >= 0.6 is 15.9 Å². The van der Waals surface area contributed by atoms with E-state index in [9.17, 15) is 14.9 Å². The van der Waals surface area contributed by atoms with Gasteiger partial charge in [0.05, 0.1) is 24.7 Å². The Kier molecular flexibility index (Phi) is 5.46. The summed E-state index contributed by atoms with van der Waals surface area (Å²) in [6.45, 7) is 1.67. The van der Waals surface area contributed by atoms with Gasteiger partial charge in [0, 0.05) is 17.0 Å². The van der Waals surface area contributed by atoms with Gasteiger partial charge in [-0.3, -0.25) is 14.9 Å². The third kappa shape index (κ3) is 4.46. The van der Waals surface area contributed by atoms with Crippen LogP contribution in [0.4, 0.5) is 5.69 Å². The average Bonchev–Trinajstić information content (AvgIpc) is 2.36. The number of hydrogen-bond donors (Lipinski definition) is 1. The summed E-state index contributed by atoms with van der Waals surface area (Å²) in [5.41, 5.74) is 4.53. The lowest BCUT2D eigenvalue weighted by Crippen LogP contribution is -2.46. The molecule has 0 aliphatic carbocycles. The van der Waals surface area contributed by atoms with Gasteiger partial charge in [0.1, 0.15) is 11.3 Å². The van der Waals surface area contributed by atoms with Gasteiger partial charge in [-0.25, -0.2) is 0 Å². The molecule has 0 aliphatic heterocycles. The average molecular weight is 347 g/mol. The van der Waals surface area contributed by atoms with Crippen molar-refractivity contribution in [2.75, 3.05) is 13.7 Å². The Hall–Kier alpha value is -1.67. The Morgan fingerprint density at radius 3 is 2.70 bits per heavy atom. The fourth-order valence-electron chi connectivity index (χ4n) is 1.45. The van der Waals surface area contributed by atoms with Crippen LogP contribution in [0.25, 0.3) is 0 Å². The maximum absolute atomic E-state index is 11.4. The van der Waals surface area contributed by atoms with Crippen LogP contribution in [0.3, 0.4) is 0 Å². The zero-order chi connectivity index (χ0) is 15.3. The zero-order valence-electron chi connectivity index (χ0n) is 11.1. The van der Waals surface area contributed by atoms with Crippen molar-refractivity contribution in [2.45, 2.75) is 18.9 Å². The summed E-state index contributed by atoms with van der Waals surface area (Å²) in [4.78, 5) is 21.6. The van der Waals surface area contributed by atoms with Gasteiger partial charge in [0.25, 0.3) is 5.69 Å². The van der Waals surface area contributed by atoms with Crippen molar-refractivity contribution in [1.82, 2.24) is 0 Å². The van der Waals surface area contributed by atoms with Crippen LogP contribution in [0.5, 0.6) is 5.75 Å². The number of carbonyl (C=O) groups is 1. The third-order valence-electron chi connectivity index (χ3n) is 2.61. The minimum atomic E-state index is -1.16. The van der Waals surface area contributed by atoms with Gasteiger partial charge in [-0.05, 0) is 13.0 Å². The van der Waals surface area contributed by atoms with Crippen LogP contribution in [-0.4, -0.2) is 30.1 Å². The third-order valence-corrected chi connectivity index (χ3v) is 3.07. The molecule has 0 spiro atoms. The quantitative estimate of drug-likeness (QED) is 0.480. The van der Waals surface area contributed by atoms with Crippen LogP contribution in [0, 0.1) is 10.1 Å². The first-order chi connectivity index (χ1) is 9.26. The molecule has 0 fully saturated rings. The van der Waals surface area contributed by atoms with Gasteiger partial charge in [-0.2, -0.15) is 0 Å². The van der Waals surface area contributed by atoms with Crippen molar-refractivity contribution in [1.29, 1.82) is 0 Å². The van der Waals surface area contributed by atoms with Crippen LogP contribution in [0.1, 0.15) is 13.3 Å². The fraction of sp³-hybridized carbons (Fsp3) is 0.417. The lowest BCUT2D eigenvalue weighted by molar-refractivity contribution is -0.385. The first-order valence-electron chi connectivity index (χ1n) is 5.71. The largest absolute Gasteiger partial charge is 0.493 e. The summed E-state index contributed by atoms with van der Waals surface area (Å²) in [6.07, 6.45) is 0.222. The highest BCUT2D eigenvalue weighted by Crippen LogP contribution is 2.26. The van der Waals surface area contributed by atoms with E-state index in [0.29, 0.717) is 10.2 Å². The maximum Gasteiger partial charge on any atom is 0.325 e. The molecule has 7 nitrogen and oxygen atoms in total. The number of halogens is 1. The minimum Gasteiger partial charge on any atom is -0.493 e. The van der Waals surface area contributed by atoms with E-state index in [2.05, 4.69) is 20.7 Å². The predicted molar refractivity (Wildman–Crippen MR) is 75.5 cm³/mol. The van der Waals surface area contributed by atoms with Crippen LogP contribution in [-0.2, 0) is 9.53 Å². The molecule has 0 aromatic heterocycles. The molecule has 0 amide bonds. The topological polar surface area (TPSA) is 105 Å². The SMILES string of the molecule is COC(=O)C(C)(N)CCOc1cc(Br)cc([N+](=O)[O-])c1. The molecule has 110 valence electrons. The van der Waals surface area contributed by atoms with E-state index < -0.39 is 16.4 Å². The summed E-state index contributed by atoms with van der Waals surface area (Å²) in [5.74, 6) is -0.215. The molecule has 1 atom stereocenters. The van der Waals surface area contributed by atoms with Crippen molar-refractivity contribution in [2.24, 2.45) is 5.73 Å². The number of nitrogens with two attached hydrogens (primary N) is 1. The number of nitro benzene ring substituents is 1. The second kappa shape index (κ2) is 6.67. The van der Waals surface area contributed by atoms with E-state index in [4.69, 9.17) is 10.5 Å². The van der Waals surface area contributed by atoms with Crippen molar-refractivity contribution in [3.63, 3.8) is 0 Å². The smallest absolute Gasteiger partial charge is 0.325 e. The molecule has 1 unspecified atom stereocenters. The number of non-ortho nitro benzene ring substituents is 1. The predicted octanol–water partition coefficient (Wildman–Crippen LogP) is 2.02. The summed E-state index contributed by atoms with van der Waals surface area (Å²) in [7, 11) is 1.26. The molecular formula is C12H15BrN2O5. The van der Waals surface area contributed by atoms with Gasteiger partial charge in [-0.15, -0.1) is 0 Å². The monoisotopic (exact) mass is 346 g/mol. The molecule has 1 aromatic carbocycles. The molecule has 0 saturated heterocycles. The molecular weight excluding hydrogens is 332 g/mol. The number of nitro groups is 1. The highest BCUT2D eigenvalue weighted by Gasteiger charge is 2.29. The number of carbonyl (C=O) groups excluding carboxylic acids is 1. The summed E-state index contributed by atoms with van der Waals surface area (Å²) >= 11 is 3.16. The van der Waals surface area contributed by atoms with Gasteiger partial charge < -0.3 is 15.2 Å². The Balaban J connectivity index is 2.67. The minimum absolute atomic E-state index is 0.0853. The second-order valence-electron chi connectivity index (χ2n) is 4.41. The van der Waals surface area contributed by atoms with E-state index in [1.54, 1.807) is 6.07 Å². The number of nitrogens with zero attached hydrogens (tertiary/aromatic N) is 1. The standard InChI is InChI=1S/C12H15BrN2O5/c1-12(14,11(16)19-2)3-4-20-10-6-8(13)5-9(7-10)15(17)18/h5-7H,3-4,14H2,1-2H3. The van der Waals surface area contributed by atoms with Crippen molar-refractivity contribution >= 4 is 27.6 Å². The number of hydrogen-bond acceptors (Lipinski definition) is 6. The molecule has 0 aliphatic rings. The van der Waals surface area contributed by atoms with Gasteiger partial charge in [-0.1, -0.05) is 15.9 Å². The Morgan fingerprint density at radius 1 is 1.50 bits per heavy atom. The molecule has 0 saturated carbocycles. The molecule has 0 radical (unpaired) electrons. The first-order valence-corrected chi connectivity index (χ1v) is 6.50. The van der Waals surface area contributed by atoms with Gasteiger partial charge in [0.2, 0.25) is 0 Å². The summed E-state index contributed by atoms with van der Waals surface area (Å²) in [6, 6.07) is 4.27. The Bertz CT molecular complexity index is 519. The molecule has 0 bridgehead atoms. The molecule has 2 N–H and O–H groups in total. The van der Waals surface area contributed by atoms with E-state index >= 15 is 0 Å². The van der Waals surface area contributed by atoms with Gasteiger partial charge >= 0.3 is 5.97 Å². The van der Waals surface area contributed by atoms with E-state index in [1.807, 2.05) is 0 Å². The number of benzene rings is 1. The van der Waals surface area contributed by atoms with Gasteiger partial charge in [0.15, 0.2) is 0 Å². The number of methoxy groups -OCH3 is 1. The van der Waals surface area contributed by atoms with Crippen molar-refractivity contribution < 1.29 is 19.2 Å². The second-order valence-corrected chi connectivity index (χ2v) is 5.33. The molecule has 8 heteroatoms. The van der Waals surface area contributed by atoms with E-state index in [0.717, 1.165) is 0 Å². The zero-order valence-corrected chi connectivity index (χ0v) is 12.7. The Labute approximate surface area is 124 Å². The van der Waals surface area contributed by atoms with Crippen LogP contribution < -0.4 is 10.5 Å². The fourth-order valence-corrected chi connectivity index (χ4v) is 1.91. The molecule has 1 rings (SSSR count). The van der Waals surface area contributed by atoms with Crippen molar-refractivity contribution in [3.05, 3.63) is 32.8 Å². The van der Waals surface area contributed by atoms with Crippen LogP contribution in [0.15, 0.2) is 22.7 Å². The lowest BCUT2D eigenvalue weighted by atomic mass is 10.0. The lowest BCUT2D eigenvalue weighted by Gasteiger charge is -2.21. The normalized spacial score (nSPS) is 13.4. The number of rotatable bonds is 6. The van der Waals surface area contributed by atoms with E-state index in [-0.39, 0.29) is 18.7 Å². The molecule has 1 aromatic rings. The highest BCUT2D eigenvalue weighted by molar-refractivity contribution is 9.10.